The van der Waals surface area contributed by atoms with Gasteiger partial charge in [0.25, 0.3) is 0 Å². The van der Waals surface area contributed by atoms with Gasteiger partial charge in [0.1, 0.15) is 0 Å². The lowest BCUT2D eigenvalue weighted by atomic mass is 9.84. The topological polar surface area (TPSA) is 24.9 Å². The normalized spacial score (nSPS) is 25.1. The van der Waals surface area contributed by atoms with Crippen LogP contribution >= 0.6 is 11.3 Å². The molecule has 1 aliphatic carbocycles. The molecular formula is C14H24N2S. The third-order valence-corrected chi connectivity index (χ3v) is 4.66. The molecule has 96 valence electrons. The van der Waals surface area contributed by atoms with Crippen LogP contribution in [0.25, 0.3) is 0 Å². The lowest BCUT2D eigenvalue weighted by Crippen LogP contribution is -2.35. The van der Waals surface area contributed by atoms with E-state index in [0.29, 0.717) is 0 Å². The Balaban J connectivity index is 1.68. The van der Waals surface area contributed by atoms with E-state index >= 15 is 0 Å². The highest BCUT2D eigenvalue weighted by molar-refractivity contribution is 7.09. The third-order valence-electron chi connectivity index (χ3n) is 3.84. The average Bonchev–Trinajstić information content (AvgIpc) is 2.75. The van der Waals surface area contributed by atoms with Crippen LogP contribution in [0.4, 0.5) is 0 Å². The van der Waals surface area contributed by atoms with E-state index in [1.54, 1.807) is 11.3 Å². The Bertz CT molecular complexity index is 335. The molecule has 1 N–H and O–H groups in total. The molecule has 0 aliphatic heterocycles. The smallest absolute Gasteiger partial charge is 0.0897 e. The van der Waals surface area contributed by atoms with Gasteiger partial charge in [0, 0.05) is 24.4 Å². The molecule has 0 amide bonds. The highest BCUT2D eigenvalue weighted by Gasteiger charge is 2.19. The monoisotopic (exact) mass is 252 g/mol. The van der Waals surface area contributed by atoms with Crippen molar-refractivity contribution in [1.82, 2.24) is 10.3 Å². The van der Waals surface area contributed by atoms with E-state index in [1.807, 2.05) is 0 Å². The minimum absolute atomic E-state index is 0.758. The van der Waals surface area contributed by atoms with Gasteiger partial charge in [-0.25, -0.2) is 4.98 Å². The fraction of sp³-hybridized carbons (Fsp3) is 0.786. The van der Waals surface area contributed by atoms with Gasteiger partial charge in [-0.1, -0.05) is 26.2 Å². The van der Waals surface area contributed by atoms with Gasteiger partial charge >= 0.3 is 0 Å². The van der Waals surface area contributed by atoms with Crippen molar-refractivity contribution < 1.29 is 0 Å². The summed E-state index contributed by atoms with van der Waals surface area (Å²) in [4.78, 5) is 4.50. The first-order valence-corrected chi connectivity index (χ1v) is 7.80. The molecule has 2 atom stereocenters. The summed E-state index contributed by atoms with van der Waals surface area (Å²) in [5.41, 5.74) is 1.25. The van der Waals surface area contributed by atoms with Crippen molar-refractivity contribution in [1.29, 1.82) is 0 Å². The second-order valence-electron chi connectivity index (χ2n) is 5.20. The Morgan fingerprint density at radius 2 is 2.35 bits per heavy atom. The van der Waals surface area contributed by atoms with E-state index in [1.165, 1.54) is 42.8 Å². The number of nitrogens with one attached hydrogen (secondary N) is 1. The van der Waals surface area contributed by atoms with Crippen LogP contribution in [0.5, 0.6) is 0 Å². The van der Waals surface area contributed by atoms with Gasteiger partial charge < -0.3 is 5.32 Å². The predicted octanol–water partition coefficient (Wildman–Crippen LogP) is 3.55. The molecule has 0 bridgehead atoms. The summed E-state index contributed by atoms with van der Waals surface area (Å²) in [7, 11) is 0. The molecule has 0 spiro atoms. The zero-order valence-electron chi connectivity index (χ0n) is 11.0. The first kappa shape index (κ1) is 13.0. The van der Waals surface area contributed by atoms with Crippen molar-refractivity contribution in [3.05, 3.63) is 16.1 Å². The van der Waals surface area contributed by atoms with Gasteiger partial charge in [-0.05, 0) is 25.7 Å². The second kappa shape index (κ2) is 6.50. The molecule has 0 saturated heterocycles. The SMILES string of the molecule is CCC1CCCC(NCCc2csc(C)n2)C1. The van der Waals surface area contributed by atoms with Crippen molar-refractivity contribution >= 4 is 11.3 Å². The van der Waals surface area contributed by atoms with Crippen LogP contribution in [0.15, 0.2) is 5.38 Å². The highest BCUT2D eigenvalue weighted by Crippen LogP contribution is 2.26. The first-order valence-electron chi connectivity index (χ1n) is 6.92. The van der Waals surface area contributed by atoms with E-state index in [-0.39, 0.29) is 0 Å². The van der Waals surface area contributed by atoms with Crippen molar-refractivity contribution in [2.45, 2.75) is 58.4 Å². The number of nitrogens with zero attached hydrogens (tertiary/aromatic N) is 1. The van der Waals surface area contributed by atoms with Gasteiger partial charge in [-0.2, -0.15) is 0 Å². The predicted molar refractivity (Wildman–Crippen MR) is 74.6 cm³/mol. The molecule has 3 heteroatoms. The maximum atomic E-state index is 4.50. The molecule has 1 saturated carbocycles. The summed E-state index contributed by atoms with van der Waals surface area (Å²) < 4.78 is 0. The maximum Gasteiger partial charge on any atom is 0.0897 e. The van der Waals surface area contributed by atoms with Crippen LogP contribution in [0.3, 0.4) is 0 Å². The van der Waals surface area contributed by atoms with E-state index in [0.717, 1.165) is 24.9 Å². The third kappa shape index (κ3) is 4.07. The standard InChI is InChI=1S/C14H24N2S/c1-3-12-5-4-6-13(9-12)15-8-7-14-10-17-11(2)16-14/h10,12-13,15H,3-9H2,1-2H3. The van der Waals surface area contributed by atoms with Gasteiger partial charge in [-0.15, -0.1) is 11.3 Å². The summed E-state index contributed by atoms with van der Waals surface area (Å²) in [6, 6.07) is 0.758. The Morgan fingerprint density at radius 1 is 1.47 bits per heavy atom. The largest absolute Gasteiger partial charge is 0.314 e. The molecule has 2 rings (SSSR count). The van der Waals surface area contributed by atoms with Crippen LogP contribution < -0.4 is 5.32 Å². The molecule has 17 heavy (non-hydrogen) atoms. The summed E-state index contributed by atoms with van der Waals surface area (Å²) >= 11 is 1.76. The van der Waals surface area contributed by atoms with Crippen molar-refractivity contribution in [3.63, 3.8) is 0 Å². The highest BCUT2D eigenvalue weighted by atomic mass is 32.1. The van der Waals surface area contributed by atoms with Gasteiger partial charge in [0.2, 0.25) is 0 Å². The van der Waals surface area contributed by atoms with Crippen molar-refractivity contribution in [3.8, 4) is 0 Å². The van der Waals surface area contributed by atoms with Crippen LogP contribution in [-0.2, 0) is 6.42 Å². The maximum absolute atomic E-state index is 4.50. The molecule has 2 unspecified atom stereocenters. The first-order chi connectivity index (χ1) is 8.28. The van der Waals surface area contributed by atoms with Crippen LogP contribution in [0.1, 0.15) is 49.7 Å². The average molecular weight is 252 g/mol. The Kier molecular flexibility index (Phi) is 4.99. The summed E-state index contributed by atoms with van der Waals surface area (Å²) in [5, 5.41) is 7.08. The number of hydrogen-bond acceptors (Lipinski definition) is 3. The summed E-state index contributed by atoms with van der Waals surface area (Å²) in [6.45, 7) is 5.49. The second-order valence-corrected chi connectivity index (χ2v) is 6.26. The Hall–Kier alpha value is -0.410. The molecule has 0 radical (unpaired) electrons. The molecule has 2 nitrogen and oxygen atoms in total. The van der Waals surface area contributed by atoms with E-state index in [4.69, 9.17) is 0 Å². The number of rotatable bonds is 5. The zero-order chi connectivity index (χ0) is 12.1. The summed E-state index contributed by atoms with van der Waals surface area (Å²) in [6.07, 6.45) is 8.03. The lowest BCUT2D eigenvalue weighted by Gasteiger charge is -2.29. The Labute approximate surface area is 109 Å². The minimum atomic E-state index is 0.758. The lowest BCUT2D eigenvalue weighted by molar-refractivity contribution is 0.280. The number of hydrogen-bond donors (Lipinski definition) is 1. The molecule has 1 fully saturated rings. The van der Waals surface area contributed by atoms with E-state index < -0.39 is 0 Å². The Morgan fingerprint density at radius 3 is 3.06 bits per heavy atom. The minimum Gasteiger partial charge on any atom is -0.314 e. The molecule has 1 aliphatic rings. The fourth-order valence-electron chi connectivity index (χ4n) is 2.77. The molecule has 1 aromatic heterocycles. The number of aryl methyl sites for hydroxylation is 1. The number of thiazole rings is 1. The van der Waals surface area contributed by atoms with Crippen LogP contribution in [0.2, 0.25) is 0 Å². The van der Waals surface area contributed by atoms with Gasteiger partial charge in [-0.3, -0.25) is 0 Å². The van der Waals surface area contributed by atoms with E-state index in [9.17, 15) is 0 Å². The van der Waals surface area contributed by atoms with Gasteiger partial charge in [0.05, 0.1) is 10.7 Å². The van der Waals surface area contributed by atoms with Gasteiger partial charge in [0.15, 0.2) is 0 Å². The molecular weight excluding hydrogens is 228 g/mol. The summed E-state index contributed by atoms with van der Waals surface area (Å²) in [5.74, 6) is 0.961. The van der Waals surface area contributed by atoms with Crippen LogP contribution in [-0.4, -0.2) is 17.6 Å². The van der Waals surface area contributed by atoms with E-state index in [2.05, 4.69) is 29.5 Å². The van der Waals surface area contributed by atoms with Crippen molar-refractivity contribution in [2.75, 3.05) is 6.54 Å². The fourth-order valence-corrected chi connectivity index (χ4v) is 3.42. The quantitative estimate of drug-likeness (QED) is 0.867. The van der Waals surface area contributed by atoms with Crippen molar-refractivity contribution in [2.24, 2.45) is 5.92 Å². The molecule has 1 aromatic rings. The molecule has 1 heterocycles. The van der Waals surface area contributed by atoms with Crippen LogP contribution in [0, 0.1) is 12.8 Å². The number of aromatic nitrogens is 1. The molecule has 0 aromatic carbocycles. The zero-order valence-corrected chi connectivity index (χ0v) is 11.9.